The van der Waals surface area contributed by atoms with E-state index in [-0.39, 0.29) is 32.0 Å². The molecule has 10 heteroatoms. The number of carbonyl (C=O) groups is 2. The van der Waals surface area contributed by atoms with Gasteiger partial charge in [-0.05, 0) is 64.2 Å². The first-order valence-corrected chi connectivity index (χ1v) is 31.2. The van der Waals surface area contributed by atoms with Crippen LogP contribution in [-0.4, -0.2) is 74.9 Å². The summed E-state index contributed by atoms with van der Waals surface area (Å²) in [5, 5.41) is 0. The second-order valence-corrected chi connectivity index (χ2v) is 22.5. The van der Waals surface area contributed by atoms with Gasteiger partial charge in [0.2, 0.25) is 0 Å². The van der Waals surface area contributed by atoms with Gasteiger partial charge in [0, 0.05) is 12.8 Å². The fraction of sp³-hybridized carbons (Fsp3) is 0.774. The molecule has 0 aromatic heterocycles. The van der Waals surface area contributed by atoms with E-state index in [0.29, 0.717) is 17.4 Å². The molecule has 72 heavy (non-hydrogen) atoms. The van der Waals surface area contributed by atoms with E-state index in [1.165, 1.54) is 141 Å². The molecule has 0 saturated heterocycles. The molecule has 0 heterocycles. The normalized spacial score (nSPS) is 13.8. The Balaban J connectivity index is 4.18. The molecule has 2 unspecified atom stereocenters. The molecule has 0 spiro atoms. The van der Waals surface area contributed by atoms with Crippen LogP contribution in [0.1, 0.15) is 258 Å². The molecule has 418 valence electrons. The quantitative estimate of drug-likeness (QED) is 0.0211. The molecule has 0 aliphatic rings. The highest BCUT2D eigenvalue weighted by Crippen LogP contribution is 2.43. The Morgan fingerprint density at radius 1 is 0.444 bits per heavy atom. The smallest absolute Gasteiger partial charge is 0.462 e. The number of quaternary nitrogens is 1. The Hall–Kier alpha value is -2.55. The van der Waals surface area contributed by atoms with Gasteiger partial charge >= 0.3 is 19.8 Å². The lowest BCUT2D eigenvalue weighted by molar-refractivity contribution is -0.870. The van der Waals surface area contributed by atoms with Crippen LogP contribution in [0.2, 0.25) is 0 Å². The summed E-state index contributed by atoms with van der Waals surface area (Å²) in [5.74, 6) is -0.800. The van der Waals surface area contributed by atoms with Crippen LogP contribution in [0.4, 0.5) is 0 Å². The van der Waals surface area contributed by atoms with Crippen LogP contribution in [-0.2, 0) is 32.7 Å². The van der Waals surface area contributed by atoms with Crippen LogP contribution in [0.15, 0.2) is 72.9 Å². The number of carbonyl (C=O) groups excluding carboxylic acids is 2. The lowest BCUT2D eigenvalue weighted by Gasteiger charge is -2.24. The summed E-state index contributed by atoms with van der Waals surface area (Å²) in [6, 6.07) is 0. The average Bonchev–Trinajstić information content (AvgIpc) is 3.34. The summed E-state index contributed by atoms with van der Waals surface area (Å²) in [6.45, 7) is 4.34. The number of ether oxygens (including phenoxy) is 2. The number of esters is 2. The minimum absolute atomic E-state index is 0.0283. The van der Waals surface area contributed by atoms with Crippen LogP contribution in [0.25, 0.3) is 0 Å². The van der Waals surface area contributed by atoms with Crippen molar-refractivity contribution in [3.05, 3.63) is 72.9 Å². The molecule has 0 aromatic rings. The SMILES string of the molecule is CC/C=C\C/C=C\C/C=C\C/C=C\C/C=C\C/C=C\CCCCCCCCCCC(=O)OC(COC(=O)CCCCCCCCCCCCCCCCCCCCCCC)COP(=O)(O)OCC[N+](C)(C)C. The molecule has 0 aliphatic carbocycles. The summed E-state index contributed by atoms with van der Waals surface area (Å²) in [6.07, 6.45) is 69.7. The van der Waals surface area contributed by atoms with Gasteiger partial charge in [0.1, 0.15) is 19.8 Å². The number of rotatable bonds is 54. The number of allylic oxidation sites excluding steroid dienone is 12. The summed E-state index contributed by atoms with van der Waals surface area (Å²) in [4.78, 5) is 35.7. The number of likely N-dealkylation sites (N-methyl/N-ethyl adjacent to an activating group) is 1. The second kappa shape index (κ2) is 53.3. The number of phosphoric ester groups is 1. The van der Waals surface area contributed by atoms with Crippen LogP contribution >= 0.6 is 7.82 Å². The molecule has 2 atom stereocenters. The Labute approximate surface area is 444 Å². The first kappa shape index (κ1) is 69.5. The molecule has 0 bridgehead atoms. The van der Waals surface area contributed by atoms with Crippen molar-refractivity contribution in [2.24, 2.45) is 0 Å². The summed E-state index contributed by atoms with van der Waals surface area (Å²) in [5.41, 5.74) is 0. The monoisotopic (exact) mass is 1030 g/mol. The third-order valence-corrected chi connectivity index (χ3v) is 13.7. The first-order chi connectivity index (χ1) is 35.0. The maximum atomic E-state index is 12.8. The first-order valence-electron chi connectivity index (χ1n) is 29.7. The molecule has 0 saturated carbocycles. The molecule has 9 nitrogen and oxygen atoms in total. The van der Waals surface area contributed by atoms with E-state index in [0.717, 1.165) is 83.5 Å². The number of hydrogen-bond acceptors (Lipinski definition) is 7. The highest BCUT2D eigenvalue weighted by Gasteiger charge is 2.27. The van der Waals surface area contributed by atoms with Crippen LogP contribution < -0.4 is 0 Å². The molecule has 0 rings (SSSR count). The van der Waals surface area contributed by atoms with E-state index in [2.05, 4.69) is 86.8 Å². The summed E-state index contributed by atoms with van der Waals surface area (Å²) in [7, 11) is 1.47. The van der Waals surface area contributed by atoms with Gasteiger partial charge in [-0.1, -0.05) is 254 Å². The van der Waals surface area contributed by atoms with Crippen molar-refractivity contribution in [3.63, 3.8) is 0 Å². The lowest BCUT2D eigenvalue weighted by atomic mass is 10.0. The summed E-state index contributed by atoms with van der Waals surface area (Å²) < 4.78 is 34.6. The van der Waals surface area contributed by atoms with Crippen molar-refractivity contribution in [2.45, 2.75) is 264 Å². The van der Waals surface area contributed by atoms with E-state index >= 15 is 0 Å². The number of nitrogens with zero attached hydrogens (tertiary/aromatic N) is 1. The topological polar surface area (TPSA) is 108 Å². The molecule has 0 aliphatic heterocycles. The summed E-state index contributed by atoms with van der Waals surface area (Å²) >= 11 is 0. The van der Waals surface area contributed by atoms with Crippen LogP contribution in [0.3, 0.4) is 0 Å². The van der Waals surface area contributed by atoms with Crippen molar-refractivity contribution in [1.29, 1.82) is 0 Å². The van der Waals surface area contributed by atoms with Gasteiger partial charge in [0.25, 0.3) is 0 Å². The fourth-order valence-electron chi connectivity index (χ4n) is 8.20. The van der Waals surface area contributed by atoms with E-state index in [4.69, 9.17) is 18.5 Å². The Kier molecular flexibility index (Phi) is 51.4. The predicted molar refractivity (Wildman–Crippen MR) is 307 cm³/mol. The molecule has 0 amide bonds. The van der Waals surface area contributed by atoms with Gasteiger partial charge in [-0.25, -0.2) is 4.57 Å². The predicted octanol–water partition coefficient (Wildman–Crippen LogP) is 18.5. The molecular weight excluding hydrogens is 918 g/mol. The Bertz CT molecular complexity index is 1450. The largest absolute Gasteiger partial charge is 0.472 e. The molecule has 0 aromatic carbocycles. The average molecular weight is 1030 g/mol. The highest BCUT2D eigenvalue weighted by atomic mass is 31.2. The van der Waals surface area contributed by atoms with Gasteiger partial charge in [-0.2, -0.15) is 0 Å². The van der Waals surface area contributed by atoms with Crippen molar-refractivity contribution >= 4 is 19.8 Å². The van der Waals surface area contributed by atoms with Gasteiger partial charge in [0.15, 0.2) is 6.10 Å². The second-order valence-electron chi connectivity index (χ2n) is 21.0. The Morgan fingerprint density at radius 3 is 1.18 bits per heavy atom. The third-order valence-electron chi connectivity index (χ3n) is 12.8. The molecule has 0 radical (unpaired) electrons. The van der Waals surface area contributed by atoms with Crippen molar-refractivity contribution in [3.8, 4) is 0 Å². The molecule has 0 fully saturated rings. The maximum Gasteiger partial charge on any atom is 0.472 e. The van der Waals surface area contributed by atoms with Crippen molar-refractivity contribution in [1.82, 2.24) is 0 Å². The highest BCUT2D eigenvalue weighted by molar-refractivity contribution is 7.47. The molecular formula is C62H113NO8P+. The molecule has 1 N–H and O–H groups in total. The third kappa shape index (κ3) is 56.7. The lowest BCUT2D eigenvalue weighted by Crippen LogP contribution is -2.37. The van der Waals surface area contributed by atoms with Crippen molar-refractivity contribution in [2.75, 3.05) is 47.5 Å². The zero-order valence-corrected chi connectivity index (χ0v) is 48.3. The minimum Gasteiger partial charge on any atom is -0.462 e. The van der Waals surface area contributed by atoms with Crippen LogP contribution in [0, 0.1) is 0 Å². The number of unbranched alkanes of at least 4 members (excludes halogenated alkanes) is 28. The van der Waals surface area contributed by atoms with E-state index in [1.807, 2.05) is 21.1 Å². The zero-order valence-electron chi connectivity index (χ0n) is 47.4. The number of hydrogen-bond donors (Lipinski definition) is 1. The van der Waals surface area contributed by atoms with E-state index in [1.54, 1.807) is 0 Å². The van der Waals surface area contributed by atoms with Gasteiger partial charge < -0.3 is 18.9 Å². The van der Waals surface area contributed by atoms with Crippen LogP contribution in [0.5, 0.6) is 0 Å². The fourth-order valence-corrected chi connectivity index (χ4v) is 8.94. The van der Waals surface area contributed by atoms with Gasteiger partial charge in [-0.15, -0.1) is 0 Å². The maximum absolute atomic E-state index is 12.8. The van der Waals surface area contributed by atoms with Crippen molar-refractivity contribution < 1.29 is 42.1 Å². The van der Waals surface area contributed by atoms with E-state index in [9.17, 15) is 19.0 Å². The minimum atomic E-state index is -4.39. The van der Waals surface area contributed by atoms with E-state index < -0.39 is 26.5 Å². The number of phosphoric acid groups is 1. The zero-order chi connectivity index (χ0) is 52.7. The standard InChI is InChI=1S/C62H112NO8P/c1-6-8-10-12-14-16-18-20-22-24-26-28-29-30-31-32-33-35-37-39-41-43-45-47-49-51-53-55-62(65)71-60(59-70-72(66,67)69-57-56-63(3,4)5)58-68-61(64)54-52-50-48-46-44-42-40-38-36-34-27-25-23-21-19-17-15-13-11-9-7-2/h8,10,14,16,20,22,26,28,30-31,33,35,60H,6-7,9,11-13,15,17-19,21,23-25,27,29,32,34,36-59H2,1-5H3/p+1/b10-8-,16-14-,22-20-,28-26-,31-30-,35-33-. The van der Waals surface area contributed by atoms with Gasteiger partial charge in [-0.3, -0.25) is 18.6 Å². The van der Waals surface area contributed by atoms with Gasteiger partial charge in [0.05, 0.1) is 27.7 Å². The Morgan fingerprint density at radius 2 is 0.792 bits per heavy atom.